The number of amidine groups is 1. The van der Waals surface area contributed by atoms with Crippen LogP contribution >= 0.6 is 0 Å². The van der Waals surface area contributed by atoms with Gasteiger partial charge in [0.05, 0.1) is 7.18 Å². The molecule has 0 saturated heterocycles. The van der Waals surface area contributed by atoms with Crippen molar-refractivity contribution in [2.24, 2.45) is 10.7 Å². The van der Waals surface area contributed by atoms with Gasteiger partial charge in [0.25, 0.3) is 6.02 Å². The van der Waals surface area contributed by atoms with Crippen molar-refractivity contribution < 1.29 is 17.9 Å². The van der Waals surface area contributed by atoms with E-state index in [1.807, 2.05) is 0 Å². The Morgan fingerprint density at radius 1 is 1.41 bits per heavy atom. The predicted molar refractivity (Wildman–Crippen MR) is 60.8 cm³/mol. The molecule has 1 rings (SSSR count). The molecule has 0 amide bonds. The van der Waals surface area contributed by atoms with Gasteiger partial charge in [-0.1, -0.05) is 18.2 Å². The minimum Gasteiger partial charge on any atom is -0.462 e. The number of halogens is 3. The Hall–Kier alpha value is -1.72. The summed E-state index contributed by atoms with van der Waals surface area (Å²) in [5.74, 6) is -0.597. The molecule has 0 aliphatic heterocycles. The maximum atomic E-state index is 13.4. The summed E-state index contributed by atoms with van der Waals surface area (Å²) in [6.07, 6.45) is -1.55. The number of hydrogen-bond donors (Lipinski definition) is 1. The third kappa shape index (κ3) is 5.24. The number of rotatable bonds is 3. The molecule has 1 atom stereocenters. The number of nitrogens with two attached hydrogens (primary N) is 1. The van der Waals surface area contributed by atoms with Crippen LogP contribution in [0.4, 0.5) is 13.2 Å². The first-order valence-electron chi connectivity index (χ1n) is 4.76. The molecule has 0 saturated carbocycles. The van der Waals surface area contributed by atoms with E-state index in [1.54, 1.807) is 6.07 Å². The van der Waals surface area contributed by atoms with Gasteiger partial charge >= 0.3 is 0 Å². The molecule has 1 unspecified atom stereocenters. The van der Waals surface area contributed by atoms with Gasteiger partial charge in [-0.15, -0.1) is 0 Å². The number of ether oxygens (including phenoxy) is 1. The monoisotopic (exact) mass is 248 g/mol. The highest BCUT2D eigenvalue weighted by molar-refractivity contribution is 5.71. The lowest BCUT2D eigenvalue weighted by molar-refractivity contribution is 0.183. The van der Waals surface area contributed by atoms with Crippen LogP contribution < -0.4 is 5.73 Å². The number of alkyl halides is 2. The molecular weight excluding hydrogens is 233 g/mol. The standard InChI is InChI=1S/C10H12F2N2O.CH3F/c1-14-10(13)15-6-9(12)7-4-2-3-5-8(7)11;1-2/h2-5,9H,6H2,1H3,(H2,13,14);1H3. The second-order valence-corrected chi connectivity index (χ2v) is 2.86. The molecule has 0 radical (unpaired) electrons. The summed E-state index contributed by atoms with van der Waals surface area (Å²) in [7, 11) is 1.92. The second kappa shape index (κ2) is 8.43. The maximum Gasteiger partial charge on any atom is 0.281 e. The fraction of sp³-hybridized carbons (Fsp3) is 0.364. The Labute approximate surface area is 98.1 Å². The summed E-state index contributed by atoms with van der Waals surface area (Å²) in [5.41, 5.74) is 5.16. The van der Waals surface area contributed by atoms with Gasteiger partial charge in [-0.05, 0) is 6.07 Å². The minimum atomic E-state index is -1.55. The van der Waals surface area contributed by atoms with Crippen LogP contribution in [0, 0.1) is 5.82 Å². The molecule has 0 aliphatic rings. The predicted octanol–water partition coefficient (Wildman–Crippen LogP) is 2.38. The van der Waals surface area contributed by atoms with Crippen molar-refractivity contribution in [3.8, 4) is 0 Å². The van der Waals surface area contributed by atoms with E-state index in [4.69, 9.17) is 10.5 Å². The van der Waals surface area contributed by atoms with Crippen LogP contribution in [-0.2, 0) is 4.74 Å². The molecule has 96 valence electrons. The van der Waals surface area contributed by atoms with Gasteiger partial charge < -0.3 is 10.5 Å². The molecule has 6 heteroatoms. The SMILES string of the molecule is CF.CN=C(N)OCC(F)c1ccccc1F. The van der Waals surface area contributed by atoms with E-state index in [1.165, 1.54) is 25.2 Å². The third-order valence-electron chi connectivity index (χ3n) is 1.84. The van der Waals surface area contributed by atoms with Crippen molar-refractivity contribution in [1.29, 1.82) is 0 Å². The highest BCUT2D eigenvalue weighted by Crippen LogP contribution is 2.20. The molecule has 0 bridgehead atoms. The van der Waals surface area contributed by atoms with Gasteiger partial charge in [0.1, 0.15) is 12.4 Å². The molecular formula is C11H15F3N2O. The summed E-state index contributed by atoms with van der Waals surface area (Å²) in [5, 5.41) is 0. The fourth-order valence-corrected chi connectivity index (χ4v) is 1.04. The van der Waals surface area contributed by atoms with E-state index in [2.05, 4.69) is 4.99 Å². The van der Waals surface area contributed by atoms with Crippen LogP contribution in [0.15, 0.2) is 29.3 Å². The second-order valence-electron chi connectivity index (χ2n) is 2.86. The topological polar surface area (TPSA) is 47.6 Å². The van der Waals surface area contributed by atoms with Gasteiger partial charge in [-0.2, -0.15) is 0 Å². The minimum absolute atomic E-state index is 0.0404. The largest absolute Gasteiger partial charge is 0.462 e. The molecule has 17 heavy (non-hydrogen) atoms. The summed E-state index contributed by atoms with van der Waals surface area (Å²) >= 11 is 0. The first kappa shape index (κ1) is 15.3. The van der Waals surface area contributed by atoms with Crippen molar-refractivity contribution >= 4 is 6.02 Å². The van der Waals surface area contributed by atoms with Gasteiger partial charge in [-0.3, -0.25) is 4.39 Å². The zero-order valence-corrected chi connectivity index (χ0v) is 9.66. The van der Waals surface area contributed by atoms with Crippen molar-refractivity contribution in [2.45, 2.75) is 6.17 Å². The average Bonchev–Trinajstić information content (AvgIpc) is 2.38. The fourth-order valence-electron chi connectivity index (χ4n) is 1.04. The average molecular weight is 248 g/mol. The Balaban J connectivity index is 0.00000121. The molecule has 1 aromatic rings. The van der Waals surface area contributed by atoms with E-state index in [9.17, 15) is 13.2 Å². The summed E-state index contributed by atoms with van der Waals surface area (Å²) in [4.78, 5) is 3.49. The molecule has 0 aliphatic carbocycles. The van der Waals surface area contributed by atoms with Crippen molar-refractivity contribution in [1.82, 2.24) is 0 Å². The van der Waals surface area contributed by atoms with Crippen molar-refractivity contribution in [3.05, 3.63) is 35.6 Å². The smallest absolute Gasteiger partial charge is 0.281 e. The third-order valence-corrected chi connectivity index (χ3v) is 1.84. The van der Waals surface area contributed by atoms with Gasteiger partial charge in [-0.25, -0.2) is 13.8 Å². The van der Waals surface area contributed by atoms with Gasteiger partial charge in [0, 0.05) is 12.6 Å². The molecule has 0 fully saturated rings. The highest BCUT2D eigenvalue weighted by Gasteiger charge is 2.14. The number of hydrogen-bond acceptors (Lipinski definition) is 2. The molecule has 0 spiro atoms. The van der Waals surface area contributed by atoms with E-state index in [-0.39, 0.29) is 18.2 Å². The Morgan fingerprint density at radius 3 is 2.53 bits per heavy atom. The summed E-state index contributed by atoms with van der Waals surface area (Å²) < 4.78 is 40.8. The maximum absolute atomic E-state index is 13.4. The van der Waals surface area contributed by atoms with Crippen LogP contribution in [0.25, 0.3) is 0 Å². The molecule has 0 aromatic heterocycles. The molecule has 1 aromatic carbocycles. The van der Waals surface area contributed by atoms with Crippen LogP contribution in [-0.4, -0.2) is 26.9 Å². The Bertz CT molecular complexity index is 358. The lowest BCUT2D eigenvalue weighted by atomic mass is 10.1. The van der Waals surface area contributed by atoms with Crippen molar-refractivity contribution in [3.63, 3.8) is 0 Å². The molecule has 2 N–H and O–H groups in total. The lowest BCUT2D eigenvalue weighted by Gasteiger charge is -2.10. The molecule has 0 heterocycles. The van der Waals surface area contributed by atoms with Crippen LogP contribution in [0.5, 0.6) is 0 Å². The van der Waals surface area contributed by atoms with Crippen molar-refractivity contribution in [2.75, 3.05) is 20.8 Å². The first-order chi connectivity index (χ1) is 8.15. The Morgan fingerprint density at radius 2 is 2.00 bits per heavy atom. The van der Waals surface area contributed by atoms with E-state index >= 15 is 0 Å². The van der Waals surface area contributed by atoms with Gasteiger partial charge in [0.2, 0.25) is 0 Å². The Kier molecular flexibility index (Phi) is 7.58. The van der Waals surface area contributed by atoms with E-state index < -0.39 is 12.0 Å². The summed E-state index contributed by atoms with van der Waals surface area (Å²) in [6.45, 7) is -0.343. The normalized spacial score (nSPS) is 12.4. The molecule has 3 nitrogen and oxygen atoms in total. The number of benzene rings is 1. The number of nitrogens with zero attached hydrogens (tertiary/aromatic N) is 1. The van der Waals surface area contributed by atoms with E-state index in [0.29, 0.717) is 7.18 Å². The summed E-state index contributed by atoms with van der Waals surface area (Å²) in [6, 6.07) is 5.49. The highest BCUT2D eigenvalue weighted by atomic mass is 19.1. The van der Waals surface area contributed by atoms with Crippen LogP contribution in [0.3, 0.4) is 0 Å². The quantitative estimate of drug-likeness (QED) is 0.659. The van der Waals surface area contributed by atoms with Crippen LogP contribution in [0.2, 0.25) is 0 Å². The number of aliphatic imine (C=N–C) groups is 1. The van der Waals surface area contributed by atoms with Crippen LogP contribution in [0.1, 0.15) is 11.7 Å². The zero-order valence-electron chi connectivity index (χ0n) is 9.66. The first-order valence-corrected chi connectivity index (χ1v) is 4.76. The lowest BCUT2D eigenvalue weighted by Crippen LogP contribution is -2.19. The zero-order chi connectivity index (χ0) is 13.3. The van der Waals surface area contributed by atoms with E-state index in [0.717, 1.165) is 0 Å². The van der Waals surface area contributed by atoms with Gasteiger partial charge in [0.15, 0.2) is 6.17 Å².